The maximum atomic E-state index is 11.0. The zero-order valence-corrected chi connectivity index (χ0v) is 21.9. The van der Waals surface area contributed by atoms with Crippen molar-refractivity contribution in [2.24, 2.45) is 0 Å². The van der Waals surface area contributed by atoms with Crippen molar-refractivity contribution in [1.82, 2.24) is 0 Å². The van der Waals surface area contributed by atoms with Crippen molar-refractivity contribution in [2.75, 3.05) is 0 Å². The molecule has 0 heterocycles. The topological polar surface area (TPSA) is 44.8 Å². The second-order valence-electron chi connectivity index (χ2n) is 6.64. The first kappa shape index (κ1) is 25.5. The summed E-state index contributed by atoms with van der Waals surface area (Å²) in [5, 5.41) is 0. The number of unbranched alkanes of at least 4 members (excludes halogenated alkanes) is 2. The van der Waals surface area contributed by atoms with E-state index in [1.807, 2.05) is 6.07 Å². The van der Waals surface area contributed by atoms with Crippen LogP contribution >= 0.6 is 9.03 Å². The smallest absolute Gasteiger partial charge is 0.304 e. The van der Waals surface area contributed by atoms with Crippen molar-refractivity contribution in [3.8, 4) is 16.9 Å². The molecule has 1 radical (unpaired) electrons. The van der Waals surface area contributed by atoms with Crippen LogP contribution in [-0.2, 0) is 20.5 Å². The van der Waals surface area contributed by atoms with Gasteiger partial charge in [0.15, 0.2) is 0 Å². The van der Waals surface area contributed by atoms with Gasteiger partial charge in [-0.05, 0) is 43.9 Å². The molecule has 0 aliphatic rings. The number of hydrogen-bond donors (Lipinski definition) is 0. The van der Waals surface area contributed by atoms with Crippen LogP contribution in [0.25, 0.3) is 11.1 Å². The number of hydrogen-bond acceptors (Lipinski definition) is 4. The van der Waals surface area contributed by atoms with E-state index in [9.17, 15) is 4.79 Å². The number of ether oxygens (including phenoxy) is 1. The van der Waals surface area contributed by atoms with Gasteiger partial charge in [0.05, 0.1) is 0 Å². The largest absolute Gasteiger partial charge is 0.449 e. The molecule has 0 bridgehead atoms. The first-order valence-corrected chi connectivity index (χ1v) is 10.3. The van der Waals surface area contributed by atoms with E-state index < -0.39 is 6.29 Å². The first-order valence-electron chi connectivity index (χ1n) is 9.44. The summed E-state index contributed by atoms with van der Waals surface area (Å²) in [7, 11) is -0.250. The average Bonchev–Trinajstić information content (AvgIpc) is 2.61. The molecule has 4 nitrogen and oxygen atoms in total. The van der Waals surface area contributed by atoms with E-state index in [2.05, 4.69) is 50.2 Å². The predicted octanol–water partition coefficient (Wildman–Crippen LogP) is 6.21. The summed E-state index contributed by atoms with van der Waals surface area (Å²) < 4.78 is 16.4. The maximum Gasteiger partial charge on any atom is 0.304 e. The summed E-state index contributed by atoms with van der Waals surface area (Å²) in [5.74, 6) is 0.425. The van der Waals surface area contributed by atoms with Crippen molar-refractivity contribution in [3.63, 3.8) is 0 Å². The number of esters is 1. The summed E-state index contributed by atoms with van der Waals surface area (Å²) in [6.07, 6.45) is 4.00. The molecule has 28 heavy (non-hydrogen) atoms. The minimum Gasteiger partial charge on any atom is -0.449 e. The Hall–Kier alpha value is -0.536. The Labute approximate surface area is 203 Å². The van der Waals surface area contributed by atoms with E-state index in [1.54, 1.807) is 6.92 Å². The molecule has 2 aromatic carbocycles. The summed E-state index contributed by atoms with van der Waals surface area (Å²) in [4.78, 5) is 11.0. The Morgan fingerprint density at radius 1 is 1.14 bits per heavy atom. The van der Waals surface area contributed by atoms with E-state index in [1.165, 1.54) is 37.3 Å². The van der Waals surface area contributed by atoms with E-state index in [0.29, 0.717) is 0 Å². The van der Waals surface area contributed by atoms with Gasteiger partial charge in [0.25, 0.3) is 0 Å². The summed E-state index contributed by atoms with van der Waals surface area (Å²) in [6, 6.07) is 14.7. The average molecular weight is 529 g/mol. The van der Waals surface area contributed by atoms with E-state index in [-0.39, 0.29) is 56.3 Å². The summed E-state index contributed by atoms with van der Waals surface area (Å²) in [6.45, 7) is 7.33. The molecule has 0 spiro atoms. The van der Waals surface area contributed by atoms with Crippen molar-refractivity contribution < 1.29 is 59.9 Å². The number of benzene rings is 2. The van der Waals surface area contributed by atoms with Crippen LogP contribution in [-0.4, -0.2) is 12.3 Å². The number of aryl methyl sites for hydroxylation is 2. The zero-order chi connectivity index (χ0) is 19.6. The van der Waals surface area contributed by atoms with Gasteiger partial charge in [0, 0.05) is 53.8 Å². The van der Waals surface area contributed by atoms with Crippen molar-refractivity contribution in [2.45, 2.75) is 59.7 Å². The first-order chi connectivity index (χ1) is 13.0. The fourth-order valence-electron chi connectivity index (χ4n) is 2.83. The molecule has 0 aromatic heterocycles. The molecule has 0 aliphatic heterocycles. The summed E-state index contributed by atoms with van der Waals surface area (Å²) in [5.41, 5.74) is 4.61. The molecule has 0 fully saturated rings. The van der Waals surface area contributed by atoms with E-state index in [0.717, 1.165) is 23.3 Å². The van der Waals surface area contributed by atoms with Crippen molar-refractivity contribution >= 4 is 15.0 Å². The minimum atomic E-state index is -0.629. The van der Waals surface area contributed by atoms with Gasteiger partial charge in [0.2, 0.25) is 15.3 Å². The van der Waals surface area contributed by atoms with Crippen LogP contribution < -0.4 is 4.52 Å². The zero-order valence-electron chi connectivity index (χ0n) is 17.2. The van der Waals surface area contributed by atoms with Crippen molar-refractivity contribution in [1.29, 1.82) is 0 Å². The second kappa shape index (κ2) is 13.6. The summed E-state index contributed by atoms with van der Waals surface area (Å²) >= 11 is 0. The molecule has 0 saturated heterocycles. The van der Waals surface area contributed by atoms with Gasteiger partial charge in [-0.2, -0.15) is 0 Å². The normalized spacial score (nSPS) is 11.9. The van der Waals surface area contributed by atoms with Gasteiger partial charge in [-0.15, -0.1) is 0 Å². The fraction of sp³-hybridized carbons (Fsp3) is 0.409. The Balaban J connectivity index is 0.00000392. The van der Waals surface area contributed by atoms with Gasteiger partial charge in [-0.25, -0.2) is 0 Å². The predicted molar refractivity (Wildman–Crippen MR) is 111 cm³/mol. The van der Waals surface area contributed by atoms with Gasteiger partial charge in [0.1, 0.15) is 5.75 Å². The van der Waals surface area contributed by atoms with Gasteiger partial charge < -0.3 is 9.26 Å². The molecule has 2 rings (SSSR count). The standard InChI is InChI=1S/C22H29O4P.Pr/c1-5-6-7-10-19-12-13-21(20-11-8-9-16(2)14-20)22(15-19)26-27-25-18(4)24-17(3)23;/h8-9,11-15,18,27H,5-7,10H2,1-4H3;. The molecular weight excluding hydrogens is 500 g/mol. The number of carbonyl (C=O) groups is 1. The van der Waals surface area contributed by atoms with Crippen LogP contribution in [0.4, 0.5) is 0 Å². The van der Waals surface area contributed by atoms with Crippen LogP contribution in [0.1, 0.15) is 51.2 Å². The van der Waals surface area contributed by atoms with Crippen LogP contribution in [0.5, 0.6) is 5.75 Å². The van der Waals surface area contributed by atoms with Crippen LogP contribution in [0.15, 0.2) is 42.5 Å². The Kier molecular flexibility index (Phi) is 12.4. The maximum absolute atomic E-state index is 11.0. The SMILES string of the molecule is CCCCCc1ccc(-c2cccc(C)c2)c(OPOC(C)OC(C)=O)c1.[Pr]. The molecule has 0 amide bonds. The Bertz CT molecular complexity index is 751. The molecule has 2 aromatic rings. The van der Waals surface area contributed by atoms with Crippen molar-refractivity contribution in [3.05, 3.63) is 53.6 Å². The Morgan fingerprint density at radius 3 is 2.61 bits per heavy atom. The number of rotatable bonds is 10. The molecule has 0 N–H and O–H groups in total. The molecule has 6 heteroatoms. The molecule has 2 atom stereocenters. The van der Waals surface area contributed by atoms with Gasteiger partial charge in [-0.3, -0.25) is 9.32 Å². The third kappa shape index (κ3) is 8.86. The fourth-order valence-corrected chi connectivity index (χ4v) is 3.32. The van der Waals surface area contributed by atoms with Crippen LogP contribution in [0.3, 0.4) is 0 Å². The quantitative estimate of drug-likeness (QED) is 0.159. The Morgan fingerprint density at radius 2 is 1.93 bits per heavy atom. The molecular formula is C22H29O4PPr. The molecule has 0 aliphatic carbocycles. The van der Waals surface area contributed by atoms with Crippen LogP contribution in [0.2, 0.25) is 0 Å². The molecule has 2 unspecified atom stereocenters. The van der Waals surface area contributed by atoms with Crippen LogP contribution in [0, 0.1) is 48.2 Å². The minimum absolute atomic E-state index is 0. The molecule has 149 valence electrons. The number of carbonyl (C=O) groups excluding carboxylic acids is 1. The third-order valence-corrected chi connectivity index (χ3v) is 4.87. The van der Waals surface area contributed by atoms with E-state index >= 15 is 0 Å². The van der Waals surface area contributed by atoms with E-state index in [4.69, 9.17) is 13.8 Å². The monoisotopic (exact) mass is 529 g/mol. The van der Waals surface area contributed by atoms with Gasteiger partial charge in [-0.1, -0.05) is 61.7 Å². The van der Waals surface area contributed by atoms with Gasteiger partial charge >= 0.3 is 5.97 Å². The molecule has 0 saturated carbocycles. The second-order valence-corrected chi connectivity index (χ2v) is 7.24. The third-order valence-electron chi connectivity index (χ3n) is 4.14.